The van der Waals surface area contributed by atoms with Crippen molar-refractivity contribution in [2.24, 2.45) is 0 Å². The lowest BCUT2D eigenvalue weighted by Crippen LogP contribution is -2.36. The van der Waals surface area contributed by atoms with E-state index in [1.165, 1.54) is 12.1 Å². The van der Waals surface area contributed by atoms with Crippen molar-refractivity contribution in [3.05, 3.63) is 39.7 Å². The molecule has 0 aromatic heterocycles. The molecule has 0 radical (unpaired) electrons. The summed E-state index contributed by atoms with van der Waals surface area (Å²) in [7, 11) is 0. The zero-order valence-corrected chi connectivity index (χ0v) is 11.9. The molecule has 1 aromatic carbocycles. The molecule has 6 heteroatoms. The maximum Gasteiger partial charge on any atom is 0.272 e. The van der Waals surface area contributed by atoms with E-state index in [4.69, 9.17) is 5.11 Å². The molecule has 0 bridgehead atoms. The Morgan fingerprint density at radius 3 is 2.50 bits per heavy atom. The molecule has 0 aliphatic heterocycles. The molecule has 0 aliphatic rings. The van der Waals surface area contributed by atoms with E-state index in [0.29, 0.717) is 18.7 Å². The maximum absolute atomic E-state index is 13.4. The molecule has 5 nitrogen and oxygen atoms in total. The van der Waals surface area contributed by atoms with Crippen molar-refractivity contribution in [3.8, 4) is 0 Å². The lowest BCUT2D eigenvalue weighted by molar-refractivity contribution is -0.385. The molecule has 1 N–H and O–H groups in total. The normalized spacial score (nSPS) is 11.3. The maximum atomic E-state index is 13.4. The molecule has 0 spiro atoms. The minimum absolute atomic E-state index is 0.00785. The summed E-state index contributed by atoms with van der Waals surface area (Å²) < 4.78 is 13.4. The van der Waals surface area contributed by atoms with Gasteiger partial charge in [0.05, 0.1) is 17.6 Å². The van der Waals surface area contributed by atoms with E-state index in [9.17, 15) is 14.5 Å². The van der Waals surface area contributed by atoms with Crippen molar-refractivity contribution in [1.29, 1.82) is 0 Å². The van der Waals surface area contributed by atoms with Crippen molar-refractivity contribution in [2.45, 2.75) is 39.3 Å². The van der Waals surface area contributed by atoms with Gasteiger partial charge in [-0.2, -0.15) is 0 Å². The third-order valence-corrected chi connectivity index (χ3v) is 3.38. The van der Waals surface area contributed by atoms with Crippen molar-refractivity contribution in [3.63, 3.8) is 0 Å². The highest BCUT2D eigenvalue weighted by molar-refractivity contribution is 5.35. The Morgan fingerprint density at radius 2 is 2.00 bits per heavy atom. The third-order valence-electron chi connectivity index (χ3n) is 3.38. The number of nitrogens with zero attached hydrogens (tertiary/aromatic N) is 2. The van der Waals surface area contributed by atoms with E-state index in [-0.39, 0.29) is 18.3 Å². The fourth-order valence-corrected chi connectivity index (χ4v) is 2.39. The summed E-state index contributed by atoms with van der Waals surface area (Å²) in [4.78, 5) is 12.2. The topological polar surface area (TPSA) is 66.6 Å². The van der Waals surface area contributed by atoms with Gasteiger partial charge in [0.1, 0.15) is 5.82 Å². The van der Waals surface area contributed by atoms with Crippen molar-refractivity contribution < 1.29 is 14.4 Å². The summed E-state index contributed by atoms with van der Waals surface area (Å²) in [6.07, 6.45) is 1.82. The molecule has 0 atom stereocenters. The van der Waals surface area contributed by atoms with Crippen LogP contribution < -0.4 is 0 Å². The Hall–Kier alpha value is -1.53. The van der Waals surface area contributed by atoms with E-state index in [1.54, 1.807) is 0 Å². The summed E-state index contributed by atoms with van der Waals surface area (Å²) >= 11 is 0. The highest BCUT2D eigenvalue weighted by atomic mass is 19.1. The van der Waals surface area contributed by atoms with Crippen LogP contribution in [0.1, 0.15) is 32.3 Å². The van der Waals surface area contributed by atoms with Crippen LogP contribution in [0.15, 0.2) is 18.2 Å². The van der Waals surface area contributed by atoms with E-state index in [1.807, 2.05) is 18.7 Å². The number of nitro groups is 1. The molecule has 0 amide bonds. The van der Waals surface area contributed by atoms with Crippen molar-refractivity contribution in [2.75, 3.05) is 13.2 Å². The summed E-state index contributed by atoms with van der Waals surface area (Å²) in [5.74, 6) is -0.609. The zero-order valence-electron chi connectivity index (χ0n) is 11.9. The molecule has 0 aliphatic carbocycles. The molecule has 0 saturated carbocycles. The van der Waals surface area contributed by atoms with Gasteiger partial charge in [0, 0.05) is 25.2 Å². The molecule has 0 heterocycles. The summed E-state index contributed by atoms with van der Waals surface area (Å²) in [5, 5.41) is 19.9. The summed E-state index contributed by atoms with van der Waals surface area (Å²) in [6, 6.07) is 3.87. The first-order valence-electron chi connectivity index (χ1n) is 6.80. The van der Waals surface area contributed by atoms with Gasteiger partial charge in [-0.25, -0.2) is 4.39 Å². The Kier molecular flexibility index (Phi) is 6.54. The Balaban J connectivity index is 2.95. The largest absolute Gasteiger partial charge is 0.395 e. The van der Waals surface area contributed by atoms with Gasteiger partial charge in [0.15, 0.2) is 0 Å². The zero-order chi connectivity index (χ0) is 15.1. The monoisotopic (exact) mass is 284 g/mol. The molecule has 112 valence electrons. The molecule has 0 unspecified atom stereocenters. The number of nitro benzene ring substituents is 1. The molecule has 1 rings (SSSR count). The number of non-ortho nitro benzene ring substituents is 1. The van der Waals surface area contributed by atoms with Crippen molar-refractivity contribution in [1.82, 2.24) is 4.90 Å². The highest BCUT2D eigenvalue weighted by Gasteiger charge is 2.17. The second-order valence-corrected chi connectivity index (χ2v) is 4.74. The Morgan fingerprint density at radius 1 is 1.35 bits per heavy atom. The van der Waals surface area contributed by atoms with Crippen LogP contribution in [0.4, 0.5) is 10.1 Å². The molecule has 0 saturated heterocycles. The first kappa shape index (κ1) is 16.5. The predicted octanol–water partition coefficient (Wildman–Crippen LogP) is 2.72. The number of hydrogen-bond acceptors (Lipinski definition) is 4. The number of aliphatic hydroxyl groups is 1. The fourth-order valence-electron chi connectivity index (χ4n) is 2.39. The van der Waals surface area contributed by atoms with Gasteiger partial charge in [-0.1, -0.05) is 13.8 Å². The van der Waals surface area contributed by atoms with Gasteiger partial charge >= 0.3 is 0 Å². The van der Waals surface area contributed by atoms with Gasteiger partial charge in [-0.3, -0.25) is 15.0 Å². The summed E-state index contributed by atoms with van der Waals surface area (Å²) in [6.45, 7) is 4.97. The van der Waals surface area contributed by atoms with Crippen LogP contribution in [-0.2, 0) is 6.54 Å². The molecule has 1 aromatic rings. The van der Waals surface area contributed by atoms with Crippen molar-refractivity contribution >= 4 is 5.69 Å². The smallest absolute Gasteiger partial charge is 0.272 e. The molecular formula is C14H21FN2O3. The Bertz CT molecular complexity index is 450. The van der Waals surface area contributed by atoms with Crippen LogP contribution in [0.3, 0.4) is 0 Å². The molecule has 20 heavy (non-hydrogen) atoms. The quantitative estimate of drug-likeness (QED) is 0.589. The first-order valence-corrected chi connectivity index (χ1v) is 6.80. The second-order valence-electron chi connectivity index (χ2n) is 4.74. The second kappa shape index (κ2) is 7.91. The lowest BCUT2D eigenvalue weighted by Gasteiger charge is -2.29. The first-order chi connectivity index (χ1) is 9.51. The number of halogens is 1. The number of aliphatic hydroxyl groups excluding tert-OH is 1. The SMILES string of the molecule is CCC(CC)N(CCO)Cc1cc(F)cc([N+](=O)[O-])c1. The van der Waals surface area contributed by atoms with Gasteiger partial charge in [0.2, 0.25) is 0 Å². The average Bonchev–Trinajstić information content (AvgIpc) is 2.39. The van der Waals surface area contributed by atoms with Crippen LogP contribution >= 0.6 is 0 Å². The van der Waals surface area contributed by atoms with Gasteiger partial charge < -0.3 is 5.11 Å². The Labute approximate surface area is 118 Å². The van der Waals surface area contributed by atoms with Crippen LogP contribution in [0, 0.1) is 15.9 Å². The third kappa shape index (κ3) is 4.54. The molecule has 0 fully saturated rings. The van der Waals surface area contributed by atoms with E-state index >= 15 is 0 Å². The van der Waals surface area contributed by atoms with E-state index in [0.717, 1.165) is 18.9 Å². The number of hydrogen-bond donors (Lipinski definition) is 1. The number of benzene rings is 1. The van der Waals surface area contributed by atoms with Crippen LogP contribution in [0.5, 0.6) is 0 Å². The van der Waals surface area contributed by atoms with Gasteiger partial charge in [0.25, 0.3) is 5.69 Å². The lowest BCUT2D eigenvalue weighted by atomic mass is 10.1. The van der Waals surface area contributed by atoms with Gasteiger partial charge in [-0.05, 0) is 24.5 Å². The van der Waals surface area contributed by atoms with Gasteiger partial charge in [-0.15, -0.1) is 0 Å². The standard InChI is InChI=1S/C14H21FN2O3/c1-3-13(4-2)16(5-6-18)10-11-7-12(15)9-14(8-11)17(19)20/h7-9,13,18H,3-6,10H2,1-2H3. The highest BCUT2D eigenvalue weighted by Crippen LogP contribution is 2.19. The van der Waals surface area contributed by atoms with Crippen LogP contribution in [0.25, 0.3) is 0 Å². The fraction of sp³-hybridized carbons (Fsp3) is 0.571. The number of rotatable bonds is 8. The minimum Gasteiger partial charge on any atom is -0.395 e. The molecular weight excluding hydrogens is 263 g/mol. The average molecular weight is 284 g/mol. The summed E-state index contributed by atoms with van der Waals surface area (Å²) in [5.41, 5.74) is 0.311. The minimum atomic E-state index is -0.609. The van der Waals surface area contributed by atoms with E-state index in [2.05, 4.69) is 0 Å². The van der Waals surface area contributed by atoms with Crippen LogP contribution in [-0.4, -0.2) is 34.1 Å². The van der Waals surface area contributed by atoms with E-state index < -0.39 is 10.7 Å². The predicted molar refractivity (Wildman–Crippen MR) is 74.9 cm³/mol. The van der Waals surface area contributed by atoms with Crippen LogP contribution in [0.2, 0.25) is 0 Å².